The van der Waals surface area contributed by atoms with Crippen molar-refractivity contribution in [2.75, 3.05) is 0 Å². The third kappa shape index (κ3) is 5.04. The van der Waals surface area contributed by atoms with Crippen LogP contribution in [0.2, 0.25) is 0 Å². The van der Waals surface area contributed by atoms with Crippen LogP contribution >= 0.6 is 0 Å². The van der Waals surface area contributed by atoms with E-state index in [-0.39, 0.29) is 18.1 Å². The first kappa shape index (κ1) is 20.5. The Bertz CT molecular complexity index is 1240. The lowest BCUT2D eigenvalue weighted by Gasteiger charge is -2.10. The number of furan rings is 1. The number of hydrogen-bond acceptors (Lipinski definition) is 5. The number of carbonyl (C=O) groups excluding carboxylic acids is 1. The highest BCUT2D eigenvalue weighted by molar-refractivity contribution is 5.94. The molecule has 0 saturated carbocycles. The van der Waals surface area contributed by atoms with Gasteiger partial charge < -0.3 is 18.9 Å². The van der Waals surface area contributed by atoms with Gasteiger partial charge in [-0.15, -0.1) is 0 Å². The Labute approximate surface area is 179 Å². The molecular weight excluding hydrogens is 394 g/mol. The largest absolute Gasteiger partial charge is 0.489 e. The minimum Gasteiger partial charge on any atom is -0.489 e. The van der Waals surface area contributed by atoms with Gasteiger partial charge >= 0.3 is 5.63 Å². The molecule has 2 aromatic heterocycles. The number of ether oxygens (including phenoxy) is 1. The molecule has 4 rings (SSSR count). The molecule has 6 heteroatoms. The van der Waals surface area contributed by atoms with Gasteiger partial charge in [-0.1, -0.05) is 25.5 Å². The highest BCUT2D eigenvalue weighted by Crippen LogP contribution is 2.24. The van der Waals surface area contributed by atoms with Gasteiger partial charge in [-0.3, -0.25) is 4.79 Å². The van der Waals surface area contributed by atoms with Crippen molar-refractivity contribution in [3.8, 4) is 5.75 Å². The molecule has 1 amide bonds. The van der Waals surface area contributed by atoms with Gasteiger partial charge in [0.2, 0.25) is 0 Å². The number of carbonyl (C=O) groups is 1. The topological polar surface area (TPSA) is 81.7 Å². The van der Waals surface area contributed by atoms with Gasteiger partial charge in [0.05, 0.1) is 12.8 Å². The molecule has 0 bridgehead atoms. The van der Waals surface area contributed by atoms with E-state index in [2.05, 4.69) is 12.2 Å². The third-order valence-corrected chi connectivity index (χ3v) is 4.92. The van der Waals surface area contributed by atoms with Crippen molar-refractivity contribution < 1.29 is 18.4 Å². The SMILES string of the molecule is CCCc1cc(=O)oc2cc(OCc3cccc(C(=O)NCc4ccco4)c3)ccc12. The number of rotatable bonds is 8. The van der Waals surface area contributed by atoms with Crippen LogP contribution in [0.3, 0.4) is 0 Å². The number of aryl methyl sites for hydroxylation is 1. The van der Waals surface area contributed by atoms with E-state index >= 15 is 0 Å². The maximum absolute atomic E-state index is 12.4. The standard InChI is InChI=1S/C25H23NO5/c1-2-5-18-13-24(27)31-23-14-20(9-10-22(18)23)30-16-17-6-3-7-19(12-17)25(28)26-15-21-8-4-11-29-21/h3-4,6-14H,2,5,15-16H2,1H3,(H,26,28). The lowest BCUT2D eigenvalue weighted by Crippen LogP contribution is -2.22. The van der Waals surface area contributed by atoms with E-state index < -0.39 is 0 Å². The van der Waals surface area contributed by atoms with Crippen LogP contribution in [-0.2, 0) is 19.6 Å². The average Bonchev–Trinajstić information content (AvgIpc) is 3.30. The minimum absolute atomic E-state index is 0.186. The predicted octanol–water partition coefficient (Wildman–Crippen LogP) is 4.85. The fraction of sp³-hybridized carbons (Fsp3) is 0.200. The molecule has 0 aliphatic rings. The first-order valence-corrected chi connectivity index (χ1v) is 10.2. The van der Waals surface area contributed by atoms with Crippen molar-refractivity contribution >= 4 is 16.9 Å². The van der Waals surface area contributed by atoms with E-state index in [1.807, 2.05) is 24.3 Å². The zero-order chi connectivity index (χ0) is 21.6. The van der Waals surface area contributed by atoms with Gasteiger partial charge in [0, 0.05) is 23.1 Å². The van der Waals surface area contributed by atoms with Crippen LogP contribution in [0.1, 0.15) is 40.6 Å². The van der Waals surface area contributed by atoms with E-state index in [4.69, 9.17) is 13.6 Å². The first-order chi connectivity index (χ1) is 15.1. The van der Waals surface area contributed by atoms with E-state index in [1.54, 1.807) is 42.7 Å². The lowest BCUT2D eigenvalue weighted by atomic mass is 10.1. The fourth-order valence-corrected chi connectivity index (χ4v) is 3.43. The maximum atomic E-state index is 12.4. The highest BCUT2D eigenvalue weighted by Gasteiger charge is 2.09. The Morgan fingerprint density at radius 2 is 1.97 bits per heavy atom. The Hall–Kier alpha value is -3.80. The highest BCUT2D eigenvalue weighted by atomic mass is 16.5. The maximum Gasteiger partial charge on any atom is 0.336 e. The molecule has 158 valence electrons. The minimum atomic E-state index is -0.360. The molecular formula is C25H23NO5. The molecule has 31 heavy (non-hydrogen) atoms. The molecule has 6 nitrogen and oxygen atoms in total. The zero-order valence-corrected chi connectivity index (χ0v) is 17.2. The van der Waals surface area contributed by atoms with E-state index in [0.717, 1.165) is 29.4 Å². The first-order valence-electron chi connectivity index (χ1n) is 10.2. The summed E-state index contributed by atoms with van der Waals surface area (Å²) in [7, 11) is 0. The number of fused-ring (bicyclic) bond motifs is 1. The Morgan fingerprint density at radius 1 is 1.06 bits per heavy atom. The van der Waals surface area contributed by atoms with Gasteiger partial charge in [-0.05, 0) is 53.9 Å². The summed E-state index contributed by atoms with van der Waals surface area (Å²) in [5, 5.41) is 3.75. The second-order valence-corrected chi connectivity index (χ2v) is 7.25. The number of hydrogen-bond donors (Lipinski definition) is 1. The zero-order valence-electron chi connectivity index (χ0n) is 17.2. The molecule has 4 aromatic rings. The van der Waals surface area contributed by atoms with Crippen LogP contribution in [0.25, 0.3) is 11.0 Å². The van der Waals surface area contributed by atoms with Gasteiger partial charge in [0.1, 0.15) is 23.7 Å². The monoisotopic (exact) mass is 417 g/mol. The fourth-order valence-electron chi connectivity index (χ4n) is 3.43. The van der Waals surface area contributed by atoms with Crippen molar-refractivity contribution in [1.29, 1.82) is 0 Å². The van der Waals surface area contributed by atoms with Gasteiger partial charge in [0.15, 0.2) is 0 Å². The summed E-state index contributed by atoms with van der Waals surface area (Å²) in [6, 6.07) is 17.9. The molecule has 0 aliphatic carbocycles. The summed E-state index contributed by atoms with van der Waals surface area (Å²) in [4.78, 5) is 24.2. The number of amides is 1. The van der Waals surface area contributed by atoms with Crippen molar-refractivity contribution in [2.24, 2.45) is 0 Å². The van der Waals surface area contributed by atoms with Gasteiger partial charge in [-0.25, -0.2) is 4.79 Å². The molecule has 0 unspecified atom stereocenters. The van der Waals surface area contributed by atoms with E-state index in [9.17, 15) is 9.59 Å². The number of benzene rings is 2. The number of nitrogens with one attached hydrogen (secondary N) is 1. The van der Waals surface area contributed by atoms with E-state index in [0.29, 0.717) is 29.2 Å². The van der Waals surface area contributed by atoms with E-state index in [1.165, 1.54) is 0 Å². The summed E-state index contributed by atoms with van der Waals surface area (Å²) in [5.41, 5.74) is 2.53. The average molecular weight is 417 g/mol. The summed E-state index contributed by atoms with van der Waals surface area (Å²) < 4.78 is 16.5. The molecule has 0 radical (unpaired) electrons. The molecule has 2 aromatic carbocycles. The van der Waals surface area contributed by atoms with Crippen molar-refractivity contribution in [3.63, 3.8) is 0 Å². The van der Waals surface area contributed by atoms with Crippen molar-refractivity contribution in [3.05, 3.63) is 99.8 Å². The van der Waals surface area contributed by atoms with Crippen LogP contribution in [0.15, 0.2) is 80.6 Å². The smallest absolute Gasteiger partial charge is 0.336 e. The molecule has 1 N–H and O–H groups in total. The van der Waals surface area contributed by atoms with Gasteiger partial charge in [0.25, 0.3) is 5.91 Å². The summed E-state index contributed by atoms with van der Waals surface area (Å²) in [6.45, 7) is 2.68. The molecule has 0 aliphatic heterocycles. The summed E-state index contributed by atoms with van der Waals surface area (Å²) >= 11 is 0. The lowest BCUT2D eigenvalue weighted by molar-refractivity contribution is 0.0948. The van der Waals surface area contributed by atoms with Crippen molar-refractivity contribution in [1.82, 2.24) is 5.32 Å². The molecule has 0 spiro atoms. The van der Waals surface area contributed by atoms with Crippen LogP contribution in [0.5, 0.6) is 5.75 Å². The summed E-state index contributed by atoms with van der Waals surface area (Å²) in [6.07, 6.45) is 3.33. The third-order valence-electron chi connectivity index (χ3n) is 4.92. The van der Waals surface area contributed by atoms with Crippen LogP contribution < -0.4 is 15.7 Å². The summed E-state index contributed by atoms with van der Waals surface area (Å²) in [5.74, 6) is 1.10. The Kier molecular flexibility index (Phi) is 6.17. The molecule has 0 saturated heterocycles. The second kappa shape index (κ2) is 9.34. The quantitative estimate of drug-likeness (QED) is 0.415. The van der Waals surface area contributed by atoms with Crippen molar-refractivity contribution in [2.45, 2.75) is 32.9 Å². The van der Waals surface area contributed by atoms with Crippen LogP contribution in [0.4, 0.5) is 0 Å². The Morgan fingerprint density at radius 3 is 2.77 bits per heavy atom. The van der Waals surface area contributed by atoms with Gasteiger partial charge in [-0.2, -0.15) is 0 Å². The molecule has 2 heterocycles. The van der Waals surface area contributed by atoms with Crippen LogP contribution in [0, 0.1) is 0 Å². The van der Waals surface area contributed by atoms with Crippen LogP contribution in [-0.4, -0.2) is 5.91 Å². The molecule has 0 atom stereocenters. The normalized spacial score (nSPS) is 10.9. The second-order valence-electron chi connectivity index (χ2n) is 7.25. The predicted molar refractivity (Wildman–Crippen MR) is 117 cm³/mol. The Balaban J connectivity index is 1.44. The molecule has 0 fully saturated rings.